The minimum atomic E-state index is -1.69. The van der Waals surface area contributed by atoms with Crippen LogP contribution in [0.2, 0.25) is 0 Å². The average Bonchev–Trinajstić information content (AvgIpc) is 2.97. The molecule has 2 fully saturated rings. The van der Waals surface area contributed by atoms with E-state index in [2.05, 4.69) is 0 Å². The lowest BCUT2D eigenvalue weighted by atomic mass is 9.99. The summed E-state index contributed by atoms with van der Waals surface area (Å²) in [7, 11) is 0. The van der Waals surface area contributed by atoms with Gasteiger partial charge in [-0.15, -0.1) is 0 Å². The molecule has 1 aromatic heterocycles. The number of H-pyrrole nitrogens is 1. The van der Waals surface area contributed by atoms with Gasteiger partial charge in [-0.2, -0.15) is 4.39 Å². The van der Waals surface area contributed by atoms with Gasteiger partial charge in [-0.3, -0.25) is 14.3 Å². The Balaban J connectivity index is 1.69. The van der Waals surface area contributed by atoms with Crippen LogP contribution in [0.1, 0.15) is 6.23 Å². The number of nitrogens with zero attached hydrogens (tertiary/aromatic N) is 1. The predicted molar refractivity (Wildman–Crippen MR) is 86.9 cm³/mol. The molecule has 164 valence electrons. The number of halogens is 1. The molecule has 7 N–H and O–H groups in total. The van der Waals surface area contributed by atoms with Gasteiger partial charge in [-0.05, 0) is 0 Å². The van der Waals surface area contributed by atoms with Crippen molar-refractivity contribution in [3.05, 3.63) is 32.9 Å². The number of nitrogens with one attached hydrogen (secondary N) is 1. The zero-order chi connectivity index (χ0) is 21.5. The molecule has 0 bridgehead atoms. The molecule has 0 aliphatic carbocycles. The Labute approximate surface area is 161 Å². The first-order valence-corrected chi connectivity index (χ1v) is 8.60. The molecule has 3 rings (SSSR count). The Morgan fingerprint density at radius 1 is 1.00 bits per heavy atom. The molecule has 0 amide bonds. The Morgan fingerprint density at radius 3 is 2.31 bits per heavy atom. The van der Waals surface area contributed by atoms with Gasteiger partial charge < -0.3 is 44.8 Å². The molecule has 0 unspecified atom stereocenters. The molecule has 3 heterocycles. The molecule has 0 radical (unpaired) electrons. The van der Waals surface area contributed by atoms with E-state index in [0.717, 1.165) is 0 Å². The largest absolute Gasteiger partial charge is 0.394 e. The third kappa shape index (κ3) is 4.11. The van der Waals surface area contributed by atoms with Crippen LogP contribution in [-0.2, 0) is 14.2 Å². The maximum absolute atomic E-state index is 13.5. The number of aliphatic hydroxyl groups excluding tert-OH is 6. The quantitative estimate of drug-likeness (QED) is 0.239. The summed E-state index contributed by atoms with van der Waals surface area (Å²) in [5.74, 6) is -1.31. The van der Waals surface area contributed by atoms with Crippen molar-refractivity contribution in [3.63, 3.8) is 0 Å². The van der Waals surface area contributed by atoms with Crippen molar-refractivity contribution in [2.24, 2.45) is 0 Å². The number of hydrogen-bond acceptors (Lipinski definition) is 11. The van der Waals surface area contributed by atoms with Crippen LogP contribution in [0.25, 0.3) is 0 Å². The van der Waals surface area contributed by atoms with Gasteiger partial charge in [-0.1, -0.05) is 0 Å². The Hall–Kier alpha value is -1.75. The van der Waals surface area contributed by atoms with Crippen LogP contribution in [-0.4, -0.2) is 102 Å². The number of aliphatic hydroxyl groups is 6. The normalized spacial score (nSPS) is 40.3. The van der Waals surface area contributed by atoms with E-state index in [1.54, 1.807) is 4.98 Å². The molecule has 0 spiro atoms. The van der Waals surface area contributed by atoms with E-state index >= 15 is 0 Å². The van der Waals surface area contributed by atoms with Crippen molar-refractivity contribution < 1.29 is 49.2 Å². The number of ether oxygens (including phenoxy) is 3. The van der Waals surface area contributed by atoms with Crippen molar-refractivity contribution in [1.82, 2.24) is 9.55 Å². The third-order valence-electron chi connectivity index (χ3n) is 4.81. The highest BCUT2D eigenvalue weighted by Crippen LogP contribution is 2.30. The molecule has 9 atom stereocenters. The topological polar surface area (TPSA) is 204 Å². The highest BCUT2D eigenvalue weighted by Gasteiger charge is 2.47. The summed E-state index contributed by atoms with van der Waals surface area (Å²) >= 11 is 0. The predicted octanol–water partition coefficient (Wildman–Crippen LogP) is -4.89. The van der Waals surface area contributed by atoms with Gasteiger partial charge in [0.25, 0.3) is 5.56 Å². The van der Waals surface area contributed by atoms with E-state index in [0.29, 0.717) is 10.8 Å². The maximum Gasteiger partial charge on any atom is 0.330 e. The zero-order valence-corrected chi connectivity index (χ0v) is 14.7. The van der Waals surface area contributed by atoms with E-state index in [9.17, 15) is 39.5 Å². The van der Waals surface area contributed by atoms with Crippen molar-refractivity contribution in [2.75, 3.05) is 13.2 Å². The summed E-state index contributed by atoms with van der Waals surface area (Å²) in [6, 6.07) is 0. The number of rotatable bonds is 5. The van der Waals surface area contributed by atoms with Gasteiger partial charge in [0.05, 0.1) is 19.4 Å². The summed E-state index contributed by atoms with van der Waals surface area (Å²) in [5.41, 5.74) is -2.34. The highest BCUT2D eigenvalue weighted by molar-refractivity contribution is 4.95. The fourth-order valence-electron chi connectivity index (χ4n) is 3.14. The molecular formula is C15H21FN2O11. The van der Waals surface area contributed by atoms with Crippen molar-refractivity contribution >= 4 is 0 Å². The average molecular weight is 424 g/mol. The second kappa shape index (κ2) is 8.55. The molecular weight excluding hydrogens is 403 g/mol. The first-order chi connectivity index (χ1) is 13.6. The summed E-state index contributed by atoms with van der Waals surface area (Å²) in [6.45, 7) is -1.19. The first-order valence-electron chi connectivity index (χ1n) is 8.60. The Morgan fingerprint density at radius 2 is 1.66 bits per heavy atom. The Kier molecular flexibility index (Phi) is 6.47. The van der Waals surface area contributed by atoms with Crippen molar-refractivity contribution in [2.45, 2.75) is 55.2 Å². The Bertz CT molecular complexity index is 829. The molecule has 14 heteroatoms. The van der Waals surface area contributed by atoms with Crippen LogP contribution in [0.15, 0.2) is 15.8 Å². The summed E-state index contributed by atoms with van der Waals surface area (Å²) in [5, 5.41) is 58.8. The van der Waals surface area contributed by atoms with Crippen LogP contribution in [0.4, 0.5) is 4.39 Å². The molecule has 13 nitrogen and oxygen atoms in total. The second-order valence-electron chi connectivity index (χ2n) is 6.72. The van der Waals surface area contributed by atoms with Crippen LogP contribution in [0.5, 0.6) is 0 Å². The fourth-order valence-corrected chi connectivity index (χ4v) is 3.14. The SMILES string of the molecule is O=c1[nH]c(=O)n([C@@H]2O[C@H](CO[C@@H]3O[C@H](CO)[C@H](O)[C@H](O)[C@H]3O)[C@@H](O)[C@H]2O)cc1F. The molecule has 2 aliphatic heterocycles. The number of aromatic amines is 1. The van der Waals surface area contributed by atoms with Crippen LogP contribution in [0.3, 0.4) is 0 Å². The van der Waals surface area contributed by atoms with Crippen LogP contribution in [0, 0.1) is 5.82 Å². The van der Waals surface area contributed by atoms with Gasteiger partial charge in [0.15, 0.2) is 12.5 Å². The maximum atomic E-state index is 13.5. The van der Waals surface area contributed by atoms with Crippen molar-refractivity contribution in [1.29, 1.82) is 0 Å². The lowest BCUT2D eigenvalue weighted by molar-refractivity contribution is -0.306. The van der Waals surface area contributed by atoms with E-state index in [1.807, 2.05) is 0 Å². The van der Waals surface area contributed by atoms with E-state index in [4.69, 9.17) is 19.3 Å². The second-order valence-corrected chi connectivity index (χ2v) is 6.72. The minimum absolute atomic E-state index is 0.516. The number of hydrogen-bond donors (Lipinski definition) is 7. The molecule has 29 heavy (non-hydrogen) atoms. The summed E-state index contributed by atoms with van der Waals surface area (Å²) in [4.78, 5) is 24.6. The molecule has 0 saturated carbocycles. The molecule has 2 aliphatic rings. The van der Waals surface area contributed by atoms with Gasteiger partial charge in [0.1, 0.15) is 42.7 Å². The van der Waals surface area contributed by atoms with Crippen molar-refractivity contribution in [3.8, 4) is 0 Å². The minimum Gasteiger partial charge on any atom is -0.394 e. The smallest absolute Gasteiger partial charge is 0.330 e. The highest BCUT2D eigenvalue weighted by atomic mass is 19.1. The molecule has 0 aromatic carbocycles. The lowest BCUT2D eigenvalue weighted by Gasteiger charge is -2.39. The van der Waals surface area contributed by atoms with Gasteiger partial charge in [0.2, 0.25) is 5.82 Å². The van der Waals surface area contributed by atoms with Gasteiger partial charge >= 0.3 is 5.69 Å². The number of aromatic nitrogens is 2. The third-order valence-corrected chi connectivity index (χ3v) is 4.81. The summed E-state index contributed by atoms with van der Waals surface area (Å²) in [6.07, 6.45) is -13.3. The van der Waals surface area contributed by atoms with Crippen LogP contribution >= 0.6 is 0 Å². The van der Waals surface area contributed by atoms with E-state index in [-0.39, 0.29) is 0 Å². The van der Waals surface area contributed by atoms with E-state index in [1.165, 1.54) is 0 Å². The monoisotopic (exact) mass is 424 g/mol. The first kappa shape index (κ1) is 21.9. The van der Waals surface area contributed by atoms with Crippen LogP contribution < -0.4 is 11.2 Å². The lowest BCUT2D eigenvalue weighted by Crippen LogP contribution is -2.59. The van der Waals surface area contributed by atoms with Gasteiger partial charge in [-0.25, -0.2) is 4.79 Å². The molecule has 1 aromatic rings. The van der Waals surface area contributed by atoms with E-state index < -0.39 is 85.5 Å². The standard InChI is InChI=1S/C15H21FN2O11/c16-4-1-18(15(26)17-12(4)25)13-10(23)8(21)6(28-13)3-27-14-11(24)9(22)7(20)5(2-19)29-14/h1,5-11,13-14,19-24H,2-3H2,(H,17,25,26)/t5-,6-,7+,8-,9+,10-,11-,13-,14-/m1/s1. The molecule has 2 saturated heterocycles. The van der Waals surface area contributed by atoms with Gasteiger partial charge in [0, 0.05) is 0 Å². The zero-order valence-electron chi connectivity index (χ0n) is 14.7. The summed E-state index contributed by atoms with van der Waals surface area (Å²) < 4.78 is 29.7. The fraction of sp³-hybridized carbons (Fsp3) is 0.733.